The molecule has 0 radical (unpaired) electrons. The van der Waals surface area contributed by atoms with Gasteiger partial charge in [0.05, 0.1) is 23.0 Å². The van der Waals surface area contributed by atoms with E-state index in [0.29, 0.717) is 22.2 Å². The predicted molar refractivity (Wildman–Crippen MR) is 134 cm³/mol. The second kappa shape index (κ2) is 10.7. The molecule has 1 aromatic heterocycles. The summed E-state index contributed by atoms with van der Waals surface area (Å²) in [5.74, 6) is -0.726. The van der Waals surface area contributed by atoms with E-state index in [-0.39, 0.29) is 11.5 Å². The van der Waals surface area contributed by atoms with Crippen LogP contribution in [-0.2, 0) is 11.0 Å². The second-order valence-corrected chi connectivity index (χ2v) is 9.53. The van der Waals surface area contributed by atoms with E-state index in [1.54, 1.807) is 18.2 Å². The highest BCUT2D eigenvalue weighted by Crippen LogP contribution is 2.36. The molecule has 3 aromatic carbocycles. The Balaban J connectivity index is 1.65. The number of rotatable bonds is 9. The lowest BCUT2D eigenvalue weighted by Crippen LogP contribution is -2.37. The number of carboxylic acid groups (broad SMARTS) is 1. The number of ether oxygens (including phenoxy) is 2. The first kappa shape index (κ1) is 28.8. The molecule has 212 valence electrons. The quantitative estimate of drug-likeness (QED) is 0.210. The summed E-state index contributed by atoms with van der Waals surface area (Å²) in [5, 5.41) is 14.0. The minimum absolute atomic E-state index is 0.222. The summed E-state index contributed by atoms with van der Waals surface area (Å²) in [6.45, 7) is 2.75. The number of benzene rings is 3. The van der Waals surface area contributed by atoms with Gasteiger partial charge in [0.15, 0.2) is 5.60 Å². The molecule has 1 atom stereocenters. The molecule has 0 bridgehead atoms. The van der Waals surface area contributed by atoms with Crippen LogP contribution in [0, 0.1) is 0 Å². The minimum atomic E-state index is -4.50. The molecule has 6 nitrogen and oxygen atoms in total. The second-order valence-electron chi connectivity index (χ2n) is 9.53. The van der Waals surface area contributed by atoms with Crippen LogP contribution in [0.1, 0.15) is 43.9 Å². The maximum absolute atomic E-state index is 13.2. The van der Waals surface area contributed by atoms with Crippen LogP contribution >= 0.6 is 0 Å². The molecule has 4 rings (SSSR count). The molecular formula is C28H24F6N2O4. The zero-order chi connectivity index (χ0) is 29.3. The lowest BCUT2D eigenvalue weighted by molar-refractivity contribution is -0.152. The smallest absolute Gasteiger partial charge is 0.416 e. The van der Waals surface area contributed by atoms with E-state index < -0.39 is 48.4 Å². The Bertz CT molecular complexity index is 1480. The molecule has 0 amide bonds. The van der Waals surface area contributed by atoms with Gasteiger partial charge in [0, 0.05) is 17.4 Å². The number of fused-ring (bicyclic) bond motifs is 1. The maximum atomic E-state index is 13.2. The van der Waals surface area contributed by atoms with Gasteiger partial charge < -0.3 is 14.6 Å². The van der Waals surface area contributed by atoms with Crippen molar-refractivity contribution in [1.29, 1.82) is 0 Å². The fourth-order valence-electron chi connectivity index (χ4n) is 4.01. The molecule has 0 aliphatic carbocycles. The Morgan fingerprint density at radius 3 is 2.12 bits per heavy atom. The monoisotopic (exact) mass is 566 g/mol. The molecule has 0 aliphatic heterocycles. The van der Waals surface area contributed by atoms with Crippen LogP contribution < -0.4 is 9.47 Å². The summed E-state index contributed by atoms with van der Waals surface area (Å²) in [4.78, 5) is 11.3. The SMILES string of the molecule is CC(C)(Oc1ccc(OC(CCC(F)(F)F)c2cccc3c2cnn3-c2ccc(C(F)(F)F)cc2)cc1)C(=O)O. The first-order chi connectivity index (χ1) is 18.6. The topological polar surface area (TPSA) is 73.6 Å². The first-order valence-corrected chi connectivity index (χ1v) is 12.0. The van der Waals surface area contributed by atoms with Gasteiger partial charge in [-0.25, -0.2) is 9.48 Å². The number of carboxylic acids is 1. The van der Waals surface area contributed by atoms with Gasteiger partial charge in [-0.1, -0.05) is 12.1 Å². The normalized spacial score (nSPS) is 13.3. The first-order valence-electron chi connectivity index (χ1n) is 12.0. The summed E-state index contributed by atoms with van der Waals surface area (Å²) in [6.07, 6.45) is -10.1. The summed E-state index contributed by atoms with van der Waals surface area (Å²) in [6, 6.07) is 15.0. The summed E-state index contributed by atoms with van der Waals surface area (Å²) >= 11 is 0. The van der Waals surface area contributed by atoms with Crippen molar-refractivity contribution in [2.45, 2.75) is 50.7 Å². The third kappa shape index (κ3) is 6.67. The van der Waals surface area contributed by atoms with Gasteiger partial charge >= 0.3 is 18.3 Å². The third-order valence-corrected chi connectivity index (χ3v) is 6.11. The Labute approximate surface area is 224 Å². The highest BCUT2D eigenvalue weighted by molar-refractivity contribution is 5.84. The van der Waals surface area contributed by atoms with Crippen LogP contribution in [-0.4, -0.2) is 32.6 Å². The third-order valence-electron chi connectivity index (χ3n) is 6.11. The highest BCUT2D eigenvalue weighted by Gasteiger charge is 2.32. The molecule has 0 aliphatic rings. The Morgan fingerprint density at radius 1 is 0.925 bits per heavy atom. The van der Waals surface area contributed by atoms with Crippen LogP contribution in [0.2, 0.25) is 0 Å². The van der Waals surface area contributed by atoms with Crippen molar-refractivity contribution in [3.63, 3.8) is 0 Å². The van der Waals surface area contributed by atoms with Crippen molar-refractivity contribution in [3.05, 3.63) is 84.1 Å². The molecule has 0 spiro atoms. The van der Waals surface area contributed by atoms with E-state index in [2.05, 4.69) is 5.10 Å². The zero-order valence-corrected chi connectivity index (χ0v) is 21.3. The molecule has 1 unspecified atom stereocenters. The Kier molecular flexibility index (Phi) is 7.73. The van der Waals surface area contributed by atoms with E-state index in [9.17, 15) is 36.2 Å². The number of hydrogen-bond acceptors (Lipinski definition) is 4. The number of halogens is 6. The van der Waals surface area contributed by atoms with Gasteiger partial charge in [0.2, 0.25) is 0 Å². The van der Waals surface area contributed by atoms with Crippen LogP contribution in [0.25, 0.3) is 16.6 Å². The predicted octanol–water partition coefficient (Wildman–Crippen LogP) is 7.75. The van der Waals surface area contributed by atoms with Gasteiger partial charge in [0.25, 0.3) is 0 Å². The molecule has 0 fully saturated rings. The van der Waals surface area contributed by atoms with Gasteiger partial charge in [-0.3, -0.25) is 0 Å². The van der Waals surface area contributed by atoms with Crippen molar-refractivity contribution >= 4 is 16.9 Å². The average molecular weight is 566 g/mol. The van der Waals surface area contributed by atoms with Gasteiger partial charge in [-0.2, -0.15) is 31.4 Å². The Hall–Kier alpha value is -4.22. The van der Waals surface area contributed by atoms with Gasteiger partial charge in [0.1, 0.15) is 17.6 Å². The van der Waals surface area contributed by atoms with Crippen molar-refractivity contribution < 1.29 is 45.7 Å². The standard InChI is InChI=1S/C28H24F6N2O4/c1-26(2,25(37)38)40-20-12-10-19(11-13-20)39-24(14-15-27(29,30)31)21-4-3-5-23-22(21)16-35-36(23)18-8-6-17(7-9-18)28(32,33)34/h3-13,16,24H,14-15H2,1-2H3,(H,37,38). The molecule has 0 saturated heterocycles. The fourth-order valence-corrected chi connectivity index (χ4v) is 4.01. The van der Waals surface area contributed by atoms with Crippen LogP contribution in [0.3, 0.4) is 0 Å². The van der Waals surface area contributed by atoms with Gasteiger partial charge in [-0.15, -0.1) is 0 Å². The van der Waals surface area contributed by atoms with Crippen molar-refractivity contribution in [1.82, 2.24) is 9.78 Å². The molecule has 40 heavy (non-hydrogen) atoms. The number of hydrogen-bond donors (Lipinski definition) is 1. The summed E-state index contributed by atoms with van der Waals surface area (Å²) in [7, 11) is 0. The van der Waals surface area contributed by atoms with Crippen molar-refractivity contribution in [3.8, 4) is 17.2 Å². The van der Waals surface area contributed by atoms with E-state index >= 15 is 0 Å². The minimum Gasteiger partial charge on any atom is -0.486 e. The molecule has 4 aromatic rings. The van der Waals surface area contributed by atoms with Crippen molar-refractivity contribution in [2.75, 3.05) is 0 Å². The Morgan fingerprint density at radius 2 is 1.55 bits per heavy atom. The summed E-state index contributed by atoms with van der Waals surface area (Å²) < 4.78 is 91.3. The van der Waals surface area contributed by atoms with Gasteiger partial charge in [-0.05, 0) is 74.9 Å². The largest absolute Gasteiger partial charge is 0.486 e. The van der Waals surface area contributed by atoms with E-state index in [1.807, 2.05) is 0 Å². The average Bonchev–Trinajstić information content (AvgIpc) is 3.31. The van der Waals surface area contributed by atoms with Crippen molar-refractivity contribution in [2.24, 2.45) is 0 Å². The van der Waals surface area contributed by atoms with E-state index in [4.69, 9.17) is 9.47 Å². The lowest BCUT2D eigenvalue weighted by Gasteiger charge is -2.23. The summed E-state index contributed by atoms with van der Waals surface area (Å²) in [5.41, 5.74) is -1.10. The molecule has 1 heterocycles. The van der Waals surface area contributed by atoms with Crippen LogP contribution in [0.5, 0.6) is 11.5 Å². The number of alkyl halides is 6. The molecule has 1 N–H and O–H groups in total. The zero-order valence-electron chi connectivity index (χ0n) is 21.3. The number of aromatic nitrogens is 2. The van der Waals surface area contributed by atoms with Crippen LogP contribution in [0.4, 0.5) is 26.3 Å². The number of nitrogens with zero attached hydrogens (tertiary/aromatic N) is 2. The van der Waals surface area contributed by atoms with Crippen LogP contribution in [0.15, 0.2) is 72.9 Å². The molecular weight excluding hydrogens is 542 g/mol. The fraction of sp³-hybridized carbons (Fsp3) is 0.286. The number of aliphatic carboxylic acids is 1. The maximum Gasteiger partial charge on any atom is 0.416 e. The molecule has 12 heteroatoms. The highest BCUT2D eigenvalue weighted by atomic mass is 19.4. The van der Waals surface area contributed by atoms with E-state index in [0.717, 1.165) is 12.1 Å². The van der Waals surface area contributed by atoms with E-state index in [1.165, 1.54) is 61.1 Å². The lowest BCUT2D eigenvalue weighted by atomic mass is 10.0. The molecule has 0 saturated carbocycles. The number of carbonyl (C=O) groups is 1.